The van der Waals surface area contributed by atoms with Crippen LogP contribution in [0.4, 0.5) is 11.6 Å². The maximum atomic E-state index is 13.2. The molecule has 0 aliphatic carbocycles. The second-order valence-electron chi connectivity index (χ2n) is 6.56. The van der Waals surface area contributed by atoms with Gasteiger partial charge in [0.1, 0.15) is 12.1 Å². The predicted octanol–water partition coefficient (Wildman–Crippen LogP) is 2.95. The van der Waals surface area contributed by atoms with Gasteiger partial charge in [-0.3, -0.25) is 4.79 Å². The fraction of sp³-hybridized carbons (Fsp3) is 0.250. The fourth-order valence-corrected chi connectivity index (χ4v) is 3.54. The molecule has 3 aromatic rings. The number of ether oxygens (including phenoxy) is 1. The van der Waals surface area contributed by atoms with E-state index in [9.17, 15) is 4.79 Å². The summed E-state index contributed by atoms with van der Waals surface area (Å²) in [5, 5.41) is 10.7. The van der Waals surface area contributed by atoms with Crippen molar-refractivity contribution >= 4 is 17.5 Å². The van der Waals surface area contributed by atoms with Crippen LogP contribution in [0.15, 0.2) is 60.9 Å². The van der Waals surface area contributed by atoms with Gasteiger partial charge in [-0.1, -0.05) is 30.3 Å². The Hall–Kier alpha value is -3.35. The van der Waals surface area contributed by atoms with E-state index in [0.29, 0.717) is 5.95 Å². The zero-order valence-electron chi connectivity index (χ0n) is 15.2. The van der Waals surface area contributed by atoms with Crippen LogP contribution < -0.4 is 15.4 Å². The zero-order chi connectivity index (χ0) is 18.8. The first-order valence-electron chi connectivity index (χ1n) is 8.83. The van der Waals surface area contributed by atoms with Crippen LogP contribution in [-0.4, -0.2) is 33.8 Å². The van der Waals surface area contributed by atoms with E-state index in [1.54, 1.807) is 11.8 Å². The number of para-hydroxylation sites is 1. The number of hydrogen-bond acceptors (Lipinski definition) is 5. The topological polar surface area (TPSA) is 81.1 Å². The van der Waals surface area contributed by atoms with Crippen LogP contribution >= 0.6 is 0 Å². The fourth-order valence-electron chi connectivity index (χ4n) is 3.54. The lowest BCUT2D eigenvalue weighted by Crippen LogP contribution is -2.46. The van der Waals surface area contributed by atoms with Crippen molar-refractivity contribution in [1.29, 1.82) is 0 Å². The lowest BCUT2D eigenvalue weighted by molar-refractivity contribution is -0.121. The summed E-state index contributed by atoms with van der Waals surface area (Å²) < 4.78 is 7.03. The van der Waals surface area contributed by atoms with Crippen LogP contribution in [0, 0.1) is 5.92 Å². The largest absolute Gasteiger partial charge is 0.497 e. The number of nitrogens with one attached hydrogen (secondary N) is 2. The van der Waals surface area contributed by atoms with Gasteiger partial charge in [-0.2, -0.15) is 10.1 Å². The molecule has 1 aliphatic heterocycles. The number of carbonyl (C=O) groups is 1. The molecule has 4 rings (SSSR count). The smallest absolute Gasteiger partial charge is 0.232 e. The van der Waals surface area contributed by atoms with E-state index < -0.39 is 0 Å². The van der Waals surface area contributed by atoms with Crippen molar-refractivity contribution in [2.45, 2.75) is 19.0 Å². The van der Waals surface area contributed by atoms with E-state index in [1.807, 2.05) is 61.5 Å². The van der Waals surface area contributed by atoms with Gasteiger partial charge in [0.15, 0.2) is 0 Å². The number of carbonyl (C=O) groups excluding carboxylic acids is 1. The molecule has 0 bridgehead atoms. The molecule has 0 fully saturated rings. The summed E-state index contributed by atoms with van der Waals surface area (Å²) in [5.41, 5.74) is 1.75. The minimum atomic E-state index is -0.368. The van der Waals surface area contributed by atoms with Crippen LogP contribution in [0.1, 0.15) is 18.5 Å². The van der Waals surface area contributed by atoms with Gasteiger partial charge >= 0.3 is 0 Å². The molecular weight excluding hydrogens is 342 g/mol. The van der Waals surface area contributed by atoms with Crippen LogP contribution in [0.2, 0.25) is 0 Å². The first-order chi connectivity index (χ1) is 13.2. The summed E-state index contributed by atoms with van der Waals surface area (Å²) >= 11 is 0. The first kappa shape index (κ1) is 17.1. The third kappa shape index (κ3) is 3.23. The van der Waals surface area contributed by atoms with Gasteiger partial charge in [-0.15, -0.1) is 0 Å². The molecule has 0 spiro atoms. The van der Waals surface area contributed by atoms with Gasteiger partial charge in [-0.25, -0.2) is 4.68 Å². The van der Waals surface area contributed by atoms with E-state index in [-0.39, 0.29) is 23.9 Å². The first-order valence-corrected chi connectivity index (χ1v) is 8.83. The molecule has 1 amide bonds. The average Bonchev–Trinajstić information content (AvgIpc) is 3.15. The molecule has 2 heterocycles. The van der Waals surface area contributed by atoms with Crippen LogP contribution in [0.3, 0.4) is 0 Å². The maximum Gasteiger partial charge on any atom is 0.232 e. The third-order valence-electron chi connectivity index (χ3n) is 4.87. The lowest BCUT2D eigenvalue weighted by atomic mass is 9.85. The Balaban J connectivity index is 1.71. The molecular formula is C20H21N5O2. The number of fused-ring (bicyclic) bond motifs is 1. The third-order valence-corrected chi connectivity index (χ3v) is 4.87. The van der Waals surface area contributed by atoms with Crippen molar-refractivity contribution < 1.29 is 9.53 Å². The summed E-state index contributed by atoms with van der Waals surface area (Å²) in [6, 6.07) is 16.8. The minimum Gasteiger partial charge on any atom is -0.497 e. The molecule has 27 heavy (non-hydrogen) atoms. The number of anilines is 2. The van der Waals surface area contributed by atoms with Crippen molar-refractivity contribution in [3.05, 3.63) is 66.5 Å². The molecule has 0 radical (unpaired) electrons. The molecule has 7 nitrogen and oxygen atoms in total. The molecule has 1 aromatic heterocycles. The molecule has 0 saturated heterocycles. The van der Waals surface area contributed by atoms with Crippen molar-refractivity contribution in [2.24, 2.45) is 5.92 Å². The van der Waals surface area contributed by atoms with Crippen LogP contribution in [0.25, 0.3) is 0 Å². The van der Waals surface area contributed by atoms with E-state index in [4.69, 9.17) is 4.74 Å². The number of aromatic nitrogens is 3. The Labute approximate surface area is 157 Å². The molecule has 7 heteroatoms. The normalized spacial score (nSPS) is 21.0. The molecule has 1 aliphatic rings. The second kappa shape index (κ2) is 7.11. The van der Waals surface area contributed by atoms with E-state index in [2.05, 4.69) is 20.7 Å². The Kier molecular flexibility index (Phi) is 4.50. The van der Waals surface area contributed by atoms with Crippen LogP contribution in [0.5, 0.6) is 5.75 Å². The Morgan fingerprint density at radius 1 is 1.15 bits per heavy atom. The Bertz CT molecular complexity index is 923. The van der Waals surface area contributed by atoms with Crippen molar-refractivity contribution in [1.82, 2.24) is 14.8 Å². The van der Waals surface area contributed by atoms with Crippen molar-refractivity contribution in [3.63, 3.8) is 0 Å². The molecule has 0 saturated carbocycles. The quantitative estimate of drug-likeness (QED) is 0.745. The number of nitrogens with zero attached hydrogens (tertiary/aromatic N) is 3. The Morgan fingerprint density at radius 3 is 2.59 bits per heavy atom. The van der Waals surface area contributed by atoms with E-state index >= 15 is 0 Å². The van der Waals surface area contributed by atoms with Gasteiger partial charge in [0, 0.05) is 11.7 Å². The summed E-state index contributed by atoms with van der Waals surface area (Å²) in [5.74, 6) is 0.993. The summed E-state index contributed by atoms with van der Waals surface area (Å²) in [6.07, 6.45) is 1.50. The maximum absolute atomic E-state index is 13.2. The highest BCUT2D eigenvalue weighted by Gasteiger charge is 2.41. The summed E-state index contributed by atoms with van der Waals surface area (Å²) in [6.45, 7) is 1.99. The van der Waals surface area contributed by atoms with Gasteiger partial charge < -0.3 is 15.4 Å². The number of hydrogen-bond donors (Lipinski definition) is 2. The average molecular weight is 363 g/mol. The van der Waals surface area contributed by atoms with Crippen LogP contribution in [-0.2, 0) is 4.79 Å². The molecule has 2 aromatic carbocycles. The van der Waals surface area contributed by atoms with Gasteiger partial charge in [0.25, 0.3) is 0 Å². The molecule has 3 atom stereocenters. The highest BCUT2D eigenvalue weighted by atomic mass is 16.5. The van der Waals surface area contributed by atoms with Crippen molar-refractivity contribution in [3.8, 4) is 5.75 Å². The lowest BCUT2D eigenvalue weighted by Gasteiger charge is -2.36. The minimum absolute atomic E-state index is 0.0665. The number of amides is 1. The Morgan fingerprint density at radius 2 is 1.89 bits per heavy atom. The van der Waals surface area contributed by atoms with Gasteiger partial charge in [0.2, 0.25) is 11.9 Å². The summed E-state index contributed by atoms with van der Waals surface area (Å²) in [4.78, 5) is 17.5. The zero-order valence-corrected chi connectivity index (χ0v) is 15.2. The highest BCUT2D eigenvalue weighted by molar-refractivity contribution is 5.94. The standard InChI is InChI=1S/C20H21N5O2/c1-13-17(19(26)24-15-6-4-3-5-7-15)18(25-20(23-13)21-12-22-25)14-8-10-16(27-2)11-9-14/h3-13,17-18H,1-2H3,(H,24,26)(H,21,22,23)/t13-,17-,18+/m0/s1. The predicted molar refractivity (Wildman–Crippen MR) is 103 cm³/mol. The number of rotatable bonds is 4. The molecule has 0 unspecified atom stereocenters. The van der Waals surface area contributed by atoms with Gasteiger partial charge in [-0.05, 0) is 36.8 Å². The van der Waals surface area contributed by atoms with Gasteiger partial charge in [0.05, 0.1) is 19.1 Å². The highest BCUT2D eigenvalue weighted by Crippen LogP contribution is 2.36. The van der Waals surface area contributed by atoms with E-state index in [0.717, 1.165) is 17.0 Å². The number of methoxy groups -OCH3 is 1. The SMILES string of the molecule is COc1ccc([C@@H]2[C@@H](C(=O)Nc3ccccc3)[C@H](C)Nc3ncnn32)cc1. The van der Waals surface area contributed by atoms with E-state index in [1.165, 1.54) is 6.33 Å². The molecule has 2 N–H and O–H groups in total. The monoisotopic (exact) mass is 363 g/mol. The second-order valence-corrected chi connectivity index (χ2v) is 6.56. The molecule has 138 valence electrons. The van der Waals surface area contributed by atoms with Crippen molar-refractivity contribution in [2.75, 3.05) is 17.7 Å². The summed E-state index contributed by atoms with van der Waals surface area (Å²) in [7, 11) is 1.63. The number of benzene rings is 2.